The van der Waals surface area contributed by atoms with Crippen LogP contribution in [0.5, 0.6) is 0 Å². The van der Waals surface area contributed by atoms with Gasteiger partial charge in [0.2, 0.25) is 0 Å². The van der Waals surface area contributed by atoms with E-state index < -0.39 is 0 Å². The summed E-state index contributed by atoms with van der Waals surface area (Å²) in [6, 6.07) is 3.78. The van der Waals surface area contributed by atoms with Crippen LogP contribution in [0.25, 0.3) is 11.4 Å². The van der Waals surface area contributed by atoms with Gasteiger partial charge in [0.25, 0.3) is 0 Å². The van der Waals surface area contributed by atoms with Crippen LogP contribution in [0.3, 0.4) is 0 Å². The third-order valence-corrected chi connectivity index (χ3v) is 2.10. The first-order chi connectivity index (χ1) is 7.20. The van der Waals surface area contributed by atoms with Gasteiger partial charge in [0.05, 0.1) is 24.5 Å². The van der Waals surface area contributed by atoms with E-state index >= 15 is 0 Å². The molecule has 2 rings (SSSR count). The van der Waals surface area contributed by atoms with Gasteiger partial charge in [-0.25, -0.2) is 0 Å². The predicted octanol–water partition coefficient (Wildman–Crippen LogP) is 1.15. The normalized spacial score (nSPS) is 10.9. The van der Waals surface area contributed by atoms with Crippen molar-refractivity contribution in [3.8, 4) is 11.4 Å². The number of hydrogen-bond acceptors (Lipinski definition) is 4. The molecule has 5 nitrogen and oxygen atoms in total. The van der Waals surface area contributed by atoms with Gasteiger partial charge in [-0.05, 0) is 19.9 Å². The Kier molecular flexibility index (Phi) is 2.55. The van der Waals surface area contributed by atoms with Gasteiger partial charge in [0.1, 0.15) is 11.5 Å². The van der Waals surface area contributed by atoms with Crippen molar-refractivity contribution in [2.45, 2.75) is 20.4 Å². The number of aromatic nitrogens is 3. The molecule has 0 bridgehead atoms. The average molecular weight is 207 g/mol. The molecule has 5 heteroatoms. The van der Waals surface area contributed by atoms with Gasteiger partial charge in [-0.1, -0.05) is 5.16 Å². The summed E-state index contributed by atoms with van der Waals surface area (Å²) in [6.07, 6.45) is 0. The summed E-state index contributed by atoms with van der Waals surface area (Å²) < 4.78 is 6.74. The van der Waals surface area contributed by atoms with Crippen LogP contribution in [-0.2, 0) is 6.54 Å². The van der Waals surface area contributed by atoms with Crippen molar-refractivity contribution in [2.75, 3.05) is 6.61 Å². The molecule has 0 amide bonds. The van der Waals surface area contributed by atoms with E-state index in [1.807, 2.05) is 26.0 Å². The van der Waals surface area contributed by atoms with Gasteiger partial charge in [-0.3, -0.25) is 4.68 Å². The molecule has 0 saturated carbocycles. The maximum absolute atomic E-state index is 8.90. The molecule has 0 aliphatic heterocycles. The fraction of sp³-hybridized carbons (Fsp3) is 0.400. The van der Waals surface area contributed by atoms with Crippen molar-refractivity contribution in [1.82, 2.24) is 14.9 Å². The third kappa shape index (κ3) is 1.92. The van der Waals surface area contributed by atoms with Crippen LogP contribution < -0.4 is 0 Å². The molecule has 2 aromatic rings. The molecule has 0 fully saturated rings. The summed E-state index contributed by atoms with van der Waals surface area (Å²) in [7, 11) is 0. The minimum absolute atomic E-state index is 0.0605. The van der Waals surface area contributed by atoms with Crippen LogP contribution in [0.1, 0.15) is 11.5 Å². The Hall–Kier alpha value is -1.62. The lowest BCUT2D eigenvalue weighted by Crippen LogP contribution is -2.05. The summed E-state index contributed by atoms with van der Waals surface area (Å²) >= 11 is 0. The summed E-state index contributed by atoms with van der Waals surface area (Å²) in [5, 5.41) is 17.1. The SMILES string of the molecule is Cc1cc(-c2cc(C)on2)n(CCO)n1. The van der Waals surface area contributed by atoms with Crippen molar-refractivity contribution >= 4 is 0 Å². The van der Waals surface area contributed by atoms with Crippen molar-refractivity contribution in [1.29, 1.82) is 0 Å². The molecular formula is C10H13N3O2. The summed E-state index contributed by atoms with van der Waals surface area (Å²) in [5.74, 6) is 0.763. The number of aryl methyl sites for hydroxylation is 2. The maximum Gasteiger partial charge on any atom is 0.134 e. The molecule has 80 valence electrons. The second-order valence-corrected chi connectivity index (χ2v) is 3.44. The first kappa shape index (κ1) is 9.92. The van der Waals surface area contributed by atoms with Crippen LogP contribution in [0, 0.1) is 13.8 Å². The van der Waals surface area contributed by atoms with Gasteiger partial charge in [-0.2, -0.15) is 5.10 Å². The smallest absolute Gasteiger partial charge is 0.134 e. The lowest BCUT2D eigenvalue weighted by molar-refractivity contribution is 0.270. The van der Waals surface area contributed by atoms with Gasteiger partial charge in [-0.15, -0.1) is 0 Å². The minimum atomic E-state index is 0.0605. The average Bonchev–Trinajstić information content (AvgIpc) is 2.73. The molecule has 2 heterocycles. The Morgan fingerprint density at radius 3 is 2.80 bits per heavy atom. The van der Waals surface area contributed by atoms with Crippen LogP contribution in [-0.4, -0.2) is 26.7 Å². The zero-order valence-corrected chi connectivity index (χ0v) is 8.77. The highest BCUT2D eigenvalue weighted by atomic mass is 16.5. The molecule has 15 heavy (non-hydrogen) atoms. The van der Waals surface area contributed by atoms with Crippen molar-refractivity contribution in [2.24, 2.45) is 0 Å². The van der Waals surface area contributed by atoms with E-state index in [0.29, 0.717) is 6.54 Å². The molecule has 0 aliphatic rings. The van der Waals surface area contributed by atoms with E-state index in [-0.39, 0.29) is 6.61 Å². The number of rotatable bonds is 3. The van der Waals surface area contributed by atoms with Gasteiger partial charge in [0, 0.05) is 6.07 Å². The maximum atomic E-state index is 8.90. The van der Waals surface area contributed by atoms with E-state index in [9.17, 15) is 0 Å². The quantitative estimate of drug-likeness (QED) is 0.819. The monoisotopic (exact) mass is 207 g/mol. The Balaban J connectivity index is 2.42. The van der Waals surface area contributed by atoms with Crippen LogP contribution in [0.2, 0.25) is 0 Å². The number of aliphatic hydroxyl groups is 1. The highest BCUT2D eigenvalue weighted by Crippen LogP contribution is 2.19. The largest absolute Gasteiger partial charge is 0.394 e. The Bertz CT molecular complexity index is 459. The number of hydrogen-bond donors (Lipinski definition) is 1. The predicted molar refractivity (Wildman–Crippen MR) is 54.3 cm³/mol. The molecule has 0 aliphatic carbocycles. The van der Waals surface area contributed by atoms with E-state index in [1.165, 1.54) is 0 Å². The van der Waals surface area contributed by atoms with Crippen LogP contribution in [0.4, 0.5) is 0 Å². The van der Waals surface area contributed by atoms with E-state index in [1.54, 1.807) is 4.68 Å². The first-order valence-electron chi connectivity index (χ1n) is 4.79. The highest BCUT2D eigenvalue weighted by Gasteiger charge is 2.11. The van der Waals surface area contributed by atoms with Gasteiger partial charge in [0.15, 0.2) is 0 Å². The summed E-state index contributed by atoms with van der Waals surface area (Å²) in [6.45, 7) is 4.28. The molecule has 0 radical (unpaired) electrons. The van der Waals surface area contributed by atoms with Crippen molar-refractivity contribution < 1.29 is 9.63 Å². The minimum Gasteiger partial charge on any atom is -0.394 e. The third-order valence-electron chi connectivity index (χ3n) is 2.10. The lowest BCUT2D eigenvalue weighted by atomic mass is 10.2. The zero-order valence-electron chi connectivity index (χ0n) is 8.77. The van der Waals surface area contributed by atoms with E-state index in [0.717, 1.165) is 22.8 Å². The molecule has 0 unspecified atom stereocenters. The number of nitrogens with zero attached hydrogens (tertiary/aromatic N) is 3. The first-order valence-corrected chi connectivity index (χ1v) is 4.79. The summed E-state index contributed by atoms with van der Waals surface area (Å²) in [4.78, 5) is 0. The lowest BCUT2D eigenvalue weighted by Gasteiger charge is -2.01. The molecule has 1 N–H and O–H groups in total. The Labute approximate surface area is 87.3 Å². The van der Waals surface area contributed by atoms with Crippen LogP contribution >= 0.6 is 0 Å². The van der Waals surface area contributed by atoms with Gasteiger partial charge < -0.3 is 9.63 Å². The molecule has 0 aromatic carbocycles. The second kappa shape index (κ2) is 3.86. The van der Waals surface area contributed by atoms with Crippen molar-refractivity contribution in [3.05, 3.63) is 23.6 Å². The van der Waals surface area contributed by atoms with E-state index in [2.05, 4.69) is 10.3 Å². The molecule has 0 atom stereocenters. The standard InChI is InChI=1S/C10H13N3O2/c1-7-5-10(13(11-7)3-4-14)9-6-8(2)15-12-9/h5-6,14H,3-4H2,1-2H3. The topological polar surface area (TPSA) is 64.1 Å². The molecule has 2 aromatic heterocycles. The van der Waals surface area contributed by atoms with Gasteiger partial charge >= 0.3 is 0 Å². The fourth-order valence-electron chi connectivity index (χ4n) is 1.50. The number of aliphatic hydroxyl groups excluding tert-OH is 1. The highest BCUT2D eigenvalue weighted by molar-refractivity contribution is 5.54. The second-order valence-electron chi connectivity index (χ2n) is 3.44. The van der Waals surface area contributed by atoms with E-state index in [4.69, 9.17) is 9.63 Å². The van der Waals surface area contributed by atoms with Crippen molar-refractivity contribution in [3.63, 3.8) is 0 Å². The fourth-order valence-corrected chi connectivity index (χ4v) is 1.50. The van der Waals surface area contributed by atoms with Crippen LogP contribution in [0.15, 0.2) is 16.7 Å². The summed E-state index contributed by atoms with van der Waals surface area (Å²) in [5.41, 5.74) is 2.53. The zero-order chi connectivity index (χ0) is 10.8. The molecule has 0 saturated heterocycles. The molecule has 0 spiro atoms. The Morgan fingerprint density at radius 1 is 1.40 bits per heavy atom. The molecular weight excluding hydrogens is 194 g/mol. The Morgan fingerprint density at radius 2 is 2.20 bits per heavy atom.